The van der Waals surface area contributed by atoms with E-state index < -0.39 is 14.9 Å². The molecule has 1 atom stereocenters. The number of benzene rings is 2. The zero-order chi connectivity index (χ0) is 21.6. The van der Waals surface area contributed by atoms with Gasteiger partial charge in [0.15, 0.2) is 0 Å². The topological polar surface area (TPSA) is 96.6 Å². The van der Waals surface area contributed by atoms with Gasteiger partial charge in [0.05, 0.1) is 26.1 Å². The van der Waals surface area contributed by atoms with E-state index in [9.17, 15) is 18.5 Å². The van der Waals surface area contributed by atoms with Crippen LogP contribution < -0.4 is 4.90 Å². The van der Waals surface area contributed by atoms with Crippen LogP contribution in [0, 0.1) is 10.1 Å². The Morgan fingerprint density at radius 1 is 1.06 bits per heavy atom. The van der Waals surface area contributed by atoms with E-state index in [1.807, 2.05) is 29.2 Å². The Labute approximate surface area is 184 Å². The molecule has 0 aliphatic carbocycles. The summed E-state index contributed by atoms with van der Waals surface area (Å²) in [6.45, 7) is 1.59. The molecule has 3 aromatic rings. The zero-order valence-electron chi connectivity index (χ0n) is 16.8. The van der Waals surface area contributed by atoms with Crippen LogP contribution in [-0.4, -0.2) is 42.3 Å². The number of para-hydroxylation sites is 1. The number of sulfonamides is 1. The summed E-state index contributed by atoms with van der Waals surface area (Å²) in [7, 11) is -3.72. The van der Waals surface area contributed by atoms with E-state index >= 15 is 0 Å². The minimum atomic E-state index is -3.72. The fourth-order valence-electron chi connectivity index (χ4n) is 4.47. The number of hydrogen-bond donors (Lipinski definition) is 0. The van der Waals surface area contributed by atoms with Gasteiger partial charge in [-0.15, -0.1) is 11.3 Å². The molecule has 2 aliphatic rings. The van der Waals surface area contributed by atoms with Crippen LogP contribution in [0.25, 0.3) is 10.2 Å². The van der Waals surface area contributed by atoms with Crippen LogP contribution >= 0.6 is 11.3 Å². The number of anilines is 1. The molecule has 0 amide bonds. The van der Waals surface area contributed by atoms with Crippen molar-refractivity contribution in [1.82, 2.24) is 9.29 Å². The van der Waals surface area contributed by atoms with Gasteiger partial charge in [0.2, 0.25) is 10.0 Å². The van der Waals surface area contributed by atoms with Crippen LogP contribution in [0.2, 0.25) is 0 Å². The van der Waals surface area contributed by atoms with Gasteiger partial charge >= 0.3 is 0 Å². The monoisotopic (exact) mass is 458 g/mol. The van der Waals surface area contributed by atoms with Crippen molar-refractivity contribution >= 4 is 43.0 Å². The highest BCUT2D eigenvalue weighted by Gasteiger charge is 2.35. The maximum absolute atomic E-state index is 12.9. The molecular formula is C21H22N4O4S2. The maximum Gasteiger partial charge on any atom is 0.293 e. The highest BCUT2D eigenvalue weighted by Crippen LogP contribution is 2.43. The molecule has 3 heterocycles. The minimum Gasteiger partial charge on any atom is -0.357 e. The summed E-state index contributed by atoms with van der Waals surface area (Å²) in [5.74, 6) is 0. The molecule has 0 spiro atoms. The number of aromatic nitrogens is 1. The second kappa shape index (κ2) is 7.85. The molecule has 0 radical (unpaired) electrons. The van der Waals surface area contributed by atoms with E-state index in [1.165, 1.54) is 16.4 Å². The first-order valence-corrected chi connectivity index (χ1v) is 12.6. The number of nitrogens with zero attached hydrogens (tertiary/aromatic N) is 4. The molecule has 8 nitrogen and oxygen atoms in total. The van der Waals surface area contributed by atoms with Gasteiger partial charge in [-0.1, -0.05) is 12.1 Å². The standard InChI is InChI=1S/C21H22N4O4S2/c26-25(27)19-14-15(31(28,29)23-11-3-4-12-23)9-10-17(19)24-13-5-7-18(24)21-22-16-6-1-2-8-20(16)30-21/h1-2,6,8-10,14,18H,3-5,7,11-13H2/t18-/m0/s1. The highest BCUT2D eigenvalue weighted by molar-refractivity contribution is 7.89. The van der Waals surface area contributed by atoms with E-state index in [0.29, 0.717) is 25.3 Å². The van der Waals surface area contributed by atoms with Gasteiger partial charge in [0.1, 0.15) is 10.7 Å². The predicted molar refractivity (Wildman–Crippen MR) is 120 cm³/mol. The lowest BCUT2D eigenvalue weighted by Gasteiger charge is -2.25. The predicted octanol–water partition coefficient (Wildman–Crippen LogP) is 4.33. The van der Waals surface area contributed by atoms with Gasteiger partial charge in [-0.25, -0.2) is 13.4 Å². The van der Waals surface area contributed by atoms with Crippen LogP contribution in [0.4, 0.5) is 11.4 Å². The summed E-state index contributed by atoms with van der Waals surface area (Å²) in [5.41, 5.74) is 1.20. The number of fused-ring (bicyclic) bond motifs is 1. The molecule has 2 fully saturated rings. The number of rotatable bonds is 5. The SMILES string of the molecule is O=[N+]([O-])c1cc(S(=O)(=O)N2CCCC2)ccc1N1CCC[C@H]1c1nc2ccccc2s1. The summed E-state index contributed by atoms with van der Waals surface area (Å²) in [4.78, 5) is 18.2. The van der Waals surface area contributed by atoms with Crippen molar-refractivity contribution in [3.05, 3.63) is 57.6 Å². The summed E-state index contributed by atoms with van der Waals surface area (Å²) in [6, 6.07) is 12.2. The molecule has 10 heteroatoms. The van der Waals surface area contributed by atoms with E-state index in [4.69, 9.17) is 4.98 Å². The fourth-order valence-corrected chi connectivity index (χ4v) is 7.13. The van der Waals surface area contributed by atoms with Gasteiger partial charge in [0.25, 0.3) is 5.69 Å². The smallest absolute Gasteiger partial charge is 0.293 e. The average Bonchev–Trinajstić information content (AvgIpc) is 3.53. The third-order valence-electron chi connectivity index (χ3n) is 6.00. The van der Waals surface area contributed by atoms with Crippen LogP contribution in [-0.2, 0) is 10.0 Å². The van der Waals surface area contributed by atoms with Crippen molar-refractivity contribution in [2.45, 2.75) is 36.6 Å². The summed E-state index contributed by atoms with van der Waals surface area (Å²) >= 11 is 1.61. The Morgan fingerprint density at radius 3 is 2.58 bits per heavy atom. The van der Waals surface area contributed by atoms with Crippen molar-refractivity contribution in [3.8, 4) is 0 Å². The van der Waals surface area contributed by atoms with Gasteiger partial charge in [0, 0.05) is 25.7 Å². The third-order valence-corrected chi connectivity index (χ3v) is 9.04. The lowest BCUT2D eigenvalue weighted by Crippen LogP contribution is -2.28. The Balaban J connectivity index is 1.53. The highest BCUT2D eigenvalue weighted by atomic mass is 32.2. The molecule has 0 N–H and O–H groups in total. The first-order chi connectivity index (χ1) is 14.9. The second-order valence-electron chi connectivity index (χ2n) is 7.89. The Hall–Kier alpha value is -2.56. The van der Waals surface area contributed by atoms with Gasteiger partial charge in [-0.3, -0.25) is 10.1 Å². The third kappa shape index (κ3) is 3.58. The van der Waals surface area contributed by atoms with Crippen molar-refractivity contribution in [2.24, 2.45) is 0 Å². The largest absolute Gasteiger partial charge is 0.357 e. The van der Waals surface area contributed by atoms with Crippen LogP contribution in [0.15, 0.2) is 47.4 Å². The van der Waals surface area contributed by atoms with E-state index in [2.05, 4.69) is 0 Å². The lowest BCUT2D eigenvalue weighted by molar-refractivity contribution is -0.384. The Bertz CT molecular complexity index is 1220. The summed E-state index contributed by atoms with van der Waals surface area (Å²) in [6.07, 6.45) is 3.38. The molecule has 2 aromatic carbocycles. The van der Waals surface area contributed by atoms with Gasteiger partial charge in [-0.05, 0) is 49.9 Å². The molecule has 0 unspecified atom stereocenters. The summed E-state index contributed by atoms with van der Waals surface area (Å²) in [5, 5.41) is 12.9. The number of nitro groups is 1. The molecule has 5 rings (SSSR count). The van der Waals surface area contributed by atoms with Gasteiger partial charge in [-0.2, -0.15) is 4.31 Å². The molecule has 2 saturated heterocycles. The molecule has 162 valence electrons. The molecule has 2 aliphatic heterocycles. The summed E-state index contributed by atoms with van der Waals surface area (Å²) < 4.78 is 28.3. The number of nitro benzene ring substituents is 1. The molecule has 31 heavy (non-hydrogen) atoms. The average molecular weight is 459 g/mol. The van der Waals surface area contributed by atoms with Crippen LogP contribution in [0.3, 0.4) is 0 Å². The first-order valence-electron chi connectivity index (χ1n) is 10.4. The first kappa shape index (κ1) is 20.3. The number of hydrogen-bond acceptors (Lipinski definition) is 7. The maximum atomic E-state index is 12.9. The zero-order valence-corrected chi connectivity index (χ0v) is 18.4. The normalized spacial score (nSPS) is 20.0. The molecule has 0 bridgehead atoms. The van der Waals surface area contributed by atoms with Gasteiger partial charge < -0.3 is 4.90 Å². The lowest BCUT2D eigenvalue weighted by atomic mass is 10.2. The van der Waals surface area contributed by atoms with Crippen molar-refractivity contribution in [3.63, 3.8) is 0 Å². The Morgan fingerprint density at radius 2 is 1.84 bits per heavy atom. The fraction of sp³-hybridized carbons (Fsp3) is 0.381. The van der Waals surface area contributed by atoms with E-state index in [-0.39, 0.29) is 16.6 Å². The van der Waals surface area contributed by atoms with Crippen molar-refractivity contribution in [2.75, 3.05) is 24.5 Å². The molecule has 1 aromatic heterocycles. The minimum absolute atomic E-state index is 0.0133. The van der Waals surface area contributed by atoms with Crippen LogP contribution in [0.5, 0.6) is 0 Å². The molecule has 0 saturated carbocycles. The Kier molecular flexibility index (Phi) is 5.15. The van der Waals surface area contributed by atoms with Crippen molar-refractivity contribution < 1.29 is 13.3 Å². The van der Waals surface area contributed by atoms with E-state index in [0.717, 1.165) is 40.9 Å². The number of thiazole rings is 1. The molecular weight excluding hydrogens is 436 g/mol. The van der Waals surface area contributed by atoms with Crippen molar-refractivity contribution in [1.29, 1.82) is 0 Å². The second-order valence-corrected chi connectivity index (χ2v) is 10.9. The van der Waals surface area contributed by atoms with E-state index in [1.54, 1.807) is 17.4 Å². The van der Waals surface area contributed by atoms with Crippen LogP contribution in [0.1, 0.15) is 36.7 Å². The quantitative estimate of drug-likeness (QED) is 0.417.